The second kappa shape index (κ2) is 5.89. The van der Waals surface area contributed by atoms with Crippen molar-refractivity contribution < 1.29 is 4.74 Å². The van der Waals surface area contributed by atoms with E-state index in [0.717, 1.165) is 53.7 Å². The highest BCUT2D eigenvalue weighted by atomic mass is 79.9. The standard InChI is InChI=1S/C12H15BrClNO/c13-11-2-1-10(7-12(11)14)15-8-9-3-5-16-6-4-9/h1-2,7,9,15H,3-6,8H2. The summed E-state index contributed by atoms with van der Waals surface area (Å²) >= 11 is 9.41. The molecule has 1 aromatic rings. The monoisotopic (exact) mass is 303 g/mol. The maximum atomic E-state index is 6.03. The van der Waals surface area contributed by atoms with Gasteiger partial charge in [-0.1, -0.05) is 11.6 Å². The van der Waals surface area contributed by atoms with Crippen molar-refractivity contribution in [2.75, 3.05) is 25.1 Å². The van der Waals surface area contributed by atoms with E-state index in [4.69, 9.17) is 16.3 Å². The Kier molecular flexibility index (Phi) is 4.50. The number of rotatable bonds is 3. The summed E-state index contributed by atoms with van der Waals surface area (Å²) in [5.74, 6) is 0.719. The highest BCUT2D eigenvalue weighted by Crippen LogP contribution is 2.26. The summed E-state index contributed by atoms with van der Waals surface area (Å²) in [5.41, 5.74) is 1.08. The number of hydrogen-bond acceptors (Lipinski definition) is 2. The first-order valence-corrected chi connectivity index (χ1v) is 6.69. The van der Waals surface area contributed by atoms with Crippen LogP contribution in [0.4, 0.5) is 5.69 Å². The summed E-state index contributed by atoms with van der Waals surface area (Å²) < 4.78 is 6.27. The molecule has 1 aliphatic rings. The molecule has 1 saturated heterocycles. The molecule has 4 heteroatoms. The highest BCUT2D eigenvalue weighted by molar-refractivity contribution is 9.10. The molecular formula is C12H15BrClNO. The number of halogens is 2. The van der Waals surface area contributed by atoms with E-state index in [9.17, 15) is 0 Å². The minimum Gasteiger partial charge on any atom is -0.385 e. The van der Waals surface area contributed by atoms with Gasteiger partial charge in [0.05, 0.1) is 5.02 Å². The minimum atomic E-state index is 0.719. The van der Waals surface area contributed by atoms with Crippen LogP contribution in [0.15, 0.2) is 22.7 Å². The maximum absolute atomic E-state index is 6.03. The van der Waals surface area contributed by atoms with Gasteiger partial charge in [0.1, 0.15) is 0 Å². The van der Waals surface area contributed by atoms with E-state index in [1.807, 2.05) is 18.2 Å². The van der Waals surface area contributed by atoms with Gasteiger partial charge in [-0.15, -0.1) is 0 Å². The third kappa shape index (κ3) is 3.37. The van der Waals surface area contributed by atoms with Gasteiger partial charge >= 0.3 is 0 Å². The van der Waals surface area contributed by atoms with Crippen LogP contribution in [0.2, 0.25) is 5.02 Å². The topological polar surface area (TPSA) is 21.3 Å². The highest BCUT2D eigenvalue weighted by Gasteiger charge is 2.13. The largest absolute Gasteiger partial charge is 0.385 e. The predicted molar refractivity (Wildman–Crippen MR) is 71.2 cm³/mol. The first-order chi connectivity index (χ1) is 7.75. The van der Waals surface area contributed by atoms with E-state index in [2.05, 4.69) is 21.2 Å². The lowest BCUT2D eigenvalue weighted by molar-refractivity contribution is 0.0699. The normalized spacial score (nSPS) is 17.4. The van der Waals surface area contributed by atoms with Gasteiger partial charge in [-0.3, -0.25) is 0 Å². The van der Waals surface area contributed by atoms with Crippen LogP contribution in [-0.4, -0.2) is 19.8 Å². The fourth-order valence-corrected chi connectivity index (χ4v) is 2.25. The molecule has 0 saturated carbocycles. The van der Waals surface area contributed by atoms with Gasteiger partial charge in [0, 0.05) is 29.9 Å². The van der Waals surface area contributed by atoms with E-state index < -0.39 is 0 Å². The van der Waals surface area contributed by atoms with Crippen LogP contribution in [0.3, 0.4) is 0 Å². The fourth-order valence-electron chi connectivity index (χ4n) is 1.82. The van der Waals surface area contributed by atoms with Gasteiger partial charge in [-0.2, -0.15) is 0 Å². The van der Waals surface area contributed by atoms with E-state index in [-0.39, 0.29) is 0 Å². The third-order valence-corrected chi connectivity index (χ3v) is 4.09. The van der Waals surface area contributed by atoms with Crippen LogP contribution in [0.25, 0.3) is 0 Å². The Morgan fingerprint density at radius 2 is 2.12 bits per heavy atom. The molecule has 0 amide bonds. The summed E-state index contributed by atoms with van der Waals surface area (Å²) in [6.07, 6.45) is 2.30. The maximum Gasteiger partial charge on any atom is 0.0568 e. The number of anilines is 1. The Morgan fingerprint density at radius 1 is 1.38 bits per heavy atom. The molecule has 0 bridgehead atoms. The zero-order valence-electron chi connectivity index (χ0n) is 9.01. The SMILES string of the molecule is Clc1cc(NCC2CCOCC2)ccc1Br. The molecule has 16 heavy (non-hydrogen) atoms. The van der Waals surface area contributed by atoms with Crippen LogP contribution in [0, 0.1) is 5.92 Å². The van der Waals surface area contributed by atoms with Crippen LogP contribution in [0.1, 0.15) is 12.8 Å². The van der Waals surface area contributed by atoms with Crippen LogP contribution >= 0.6 is 27.5 Å². The lowest BCUT2D eigenvalue weighted by atomic mass is 10.0. The summed E-state index contributed by atoms with van der Waals surface area (Å²) in [6, 6.07) is 5.95. The molecule has 0 spiro atoms. The molecule has 2 nitrogen and oxygen atoms in total. The zero-order chi connectivity index (χ0) is 11.4. The predicted octanol–water partition coefficient (Wildman–Crippen LogP) is 3.94. The summed E-state index contributed by atoms with van der Waals surface area (Å²) in [7, 11) is 0. The molecule has 0 aliphatic carbocycles. The molecule has 0 aromatic heterocycles. The summed E-state index contributed by atoms with van der Waals surface area (Å²) in [4.78, 5) is 0. The molecule has 0 radical (unpaired) electrons. The fraction of sp³-hybridized carbons (Fsp3) is 0.500. The molecule has 1 fully saturated rings. The van der Waals surface area contributed by atoms with Crippen LogP contribution in [-0.2, 0) is 4.74 Å². The molecule has 1 heterocycles. The van der Waals surface area contributed by atoms with Crippen molar-refractivity contribution in [2.45, 2.75) is 12.8 Å². The van der Waals surface area contributed by atoms with E-state index >= 15 is 0 Å². The number of hydrogen-bond donors (Lipinski definition) is 1. The number of ether oxygens (including phenoxy) is 1. The number of benzene rings is 1. The van der Waals surface area contributed by atoms with Crippen molar-refractivity contribution >= 4 is 33.2 Å². The van der Waals surface area contributed by atoms with Crippen LogP contribution < -0.4 is 5.32 Å². The Balaban J connectivity index is 1.86. The summed E-state index contributed by atoms with van der Waals surface area (Å²) in [5, 5.41) is 4.17. The van der Waals surface area contributed by atoms with E-state index in [1.54, 1.807) is 0 Å². The van der Waals surface area contributed by atoms with Crippen LogP contribution in [0.5, 0.6) is 0 Å². The lowest BCUT2D eigenvalue weighted by Gasteiger charge is -2.22. The second-order valence-electron chi connectivity index (χ2n) is 4.07. The van der Waals surface area contributed by atoms with Gasteiger partial charge in [-0.05, 0) is 52.9 Å². The van der Waals surface area contributed by atoms with Crippen molar-refractivity contribution in [1.82, 2.24) is 0 Å². The van der Waals surface area contributed by atoms with Gasteiger partial charge in [0.2, 0.25) is 0 Å². The Hall–Kier alpha value is -0.250. The average Bonchev–Trinajstić information content (AvgIpc) is 2.32. The van der Waals surface area contributed by atoms with Gasteiger partial charge in [0.25, 0.3) is 0 Å². The molecule has 1 N–H and O–H groups in total. The minimum absolute atomic E-state index is 0.719. The Bertz CT molecular complexity index is 353. The van der Waals surface area contributed by atoms with E-state index in [0.29, 0.717) is 0 Å². The van der Waals surface area contributed by atoms with Crippen molar-refractivity contribution in [2.24, 2.45) is 5.92 Å². The smallest absolute Gasteiger partial charge is 0.0568 e. The van der Waals surface area contributed by atoms with Crippen molar-refractivity contribution in [1.29, 1.82) is 0 Å². The Morgan fingerprint density at radius 3 is 2.81 bits per heavy atom. The van der Waals surface area contributed by atoms with Gasteiger partial charge in [0.15, 0.2) is 0 Å². The number of nitrogens with one attached hydrogen (secondary N) is 1. The van der Waals surface area contributed by atoms with Crippen molar-refractivity contribution in [3.05, 3.63) is 27.7 Å². The van der Waals surface area contributed by atoms with Crippen molar-refractivity contribution in [3.8, 4) is 0 Å². The first-order valence-electron chi connectivity index (χ1n) is 5.52. The average molecular weight is 305 g/mol. The zero-order valence-corrected chi connectivity index (χ0v) is 11.4. The van der Waals surface area contributed by atoms with Gasteiger partial charge in [-0.25, -0.2) is 0 Å². The molecular weight excluding hydrogens is 289 g/mol. The van der Waals surface area contributed by atoms with E-state index in [1.165, 1.54) is 0 Å². The third-order valence-electron chi connectivity index (χ3n) is 2.86. The molecule has 0 unspecified atom stereocenters. The first kappa shape index (κ1) is 12.2. The van der Waals surface area contributed by atoms with Crippen molar-refractivity contribution in [3.63, 3.8) is 0 Å². The lowest BCUT2D eigenvalue weighted by Crippen LogP contribution is -2.22. The summed E-state index contributed by atoms with van der Waals surface area (Å²) in [6.45, 7) is 2.79. The molecule has 0 atom stereocenters. The molecule has 1 aromatic carbocycles. The quantitative estimate of drug-likeness (QED) is 0.913. The molecule has 2 rings (SSSR count). The second-order valence-corrected chi connectivity index (χ2v) is 5.33. The molecule has 88 valence electrons. The molecule has 1 aliphatic heterocycles. The van der Waals surface area contributed by atoms with Gasteiger partial charge < -0.3 is 10.1 Å². The Labute approximate surface area is 109 Å².